The summed E-state index contributed by atoms with van der Waals surface area (Å²) >= 11 is 0. The number of rotatable bonds is 5. The van der Waals surface area contributed by atoms with E-state index in [1.54, 1.807) is 0 Å². The number of nitrogens with zero attached hydrogens (tertiary/aromatic N) is 4. The smallest absolute Gasteiger partial charge is 0.0538 e. The largest absolute Gasteiger partial charge is 0.300 e. The Morgan fingerprint density at radius 1 is 1.10 bits per heavy atom. The van der Waals surface area contributed by atoms with Gasteiger partial charge in [0.2, 0.25) is 0 Å². The molecule has 0 spiro atoms. The Balaban J connectivity index is 1.47. The lowest BCUT2D eigenvalue weighted by Gasteiger charge is -2.41. The SMILES string of the molecule is Cn1cc(C2CN(CC3CC3)CCN2CC2CC2)cn1. The molecule has 1 aliphatic heterocycles. The Bertz CT molecular complexity index is 461. The van der Waals surface area contributed by atoms with Gasteiger partial charge in [-0.3, -0.25) is 14.5 Å². The molecule has 4 rings (SSSR count). The molecule has 1 saturated heterocycles. The Labute approximate surface area is 121 Å². The fraction of sp³-hybridized carbons (Fsp3) is 0.812. The molecular weight excluding hydrogens is 248 g/mol. The van der Waals surface area contributed by atoms with Crippen LogP contribution in [0.3, 0.4) is 0 Å². The minimum absolute atomic E-state index is 0.566. The molecule has 3 aliphatic rings. The zero-order valence-electron chi connectivity index (χ0n) is 12.5. The van der Waals surface area contributed by atoms with Gasteiger partial charge in [0, 0.05) is 51.5 Å². The van der Waals surface area contributed by atoms with Gasteiger partial charge in [-0.05, 0) is 37.5 Å². The molecule has 0 bridgehead atoms. The van der Waals surface area contributed by atoms with Gasteiger partial charge >= 0.3 is 0 Å². The molecule has 20 heavy (non-hydrogen) atoms. The fourth-order valence-electron chi connectivity index (χ4n) is 3.49. The molecule has 1 atom stereocenters. The van der Waals surface area contributed by atoms with E-state index in [1.807, 2.05) is 11.7 Å². The highest BCUT2D eigenvalue weighted by Crippen LogP contribution is 2.36. The molecule has 110 valence electrons. The molecule has 2 heterocycles. The number of piperazine rings is 1. The van der Waals surface area contributed by atoms with Crippen molar-refractivity contribution in [3.63, 3.8) is 0 Å². The van der Waals surface area contributed by atoms with Gasteiger partial charge in [-0.2, -0.15) is 5.10 Å². The quantitative estimate of drug-likeness (QED) is 0.819. The van der Waals surface area contributed by atoms with Gasteiger partial charge in [-0.25, -0.2) is 0 Å². The summed E-state index contributed by atoms with van der Waals surface area (Å²) in [5.74, 6) is 1.98. The molecular formula is C16H26N4. The number of hydrogen-bond acceptors (Lipinski definition) is 3. The van der Waals surface area contributed by atoms with E-state index in [-0.39, 0.29) is 0 Å². The van der Waals surface area contributed by atoms with Gasteiger partial charge in [0.15, 0.2) is 0 Å². The first-order valence-electron chi connectivity index (χ1n) is 8.23. The predicted octanol–water partition coefficient (Wildman–Crippen LogP) is 1.90. The van der Waals surface area contributed by atoms with Crippen LogP contribution in [0.4, 0.5) is 0 Å². The van der Waals surface area contributed by atoms with Crippen LogP contribution in [-0.2, 0) is 7.05 Å². The first kappa shape index (κ1) is 12.8. The zero-order chi connectivity index (χ0) is 13.5. The average Bonchev–Trinajstić information content (AvgIpc) is 3.35. The van der Waals surface area contributed by atoms with Crippen LogP contribution >= 0.6 is 0 Å². The molecule has 0 aromatic carbocycles. The molecule has 3 fully saturated rings. The minimum Gasteiger partial charge on any atom is -0.300 e. The summed E-state index contributed by atoms with van der Waals surface area (Å²) in [4.78, 5) is 5.41. The van der Waals surface area contributed by atoms with Crippen LogP contribution < -0.4 is 0 Å². The van der Waals surface area contributed by atoms with Gasteiger partial charge in [-0.1, -0.05) is 0 Å². The molecule has 0 N–H and O–H groups in total. The van der Waals surface area contributed by atoms with Crippen LogP contribution in [0.1, 0.15) is 37.3 Å². The topological polar surface area (TPSA) is 24.3 Å². The molecule has 4 heteroatoms. The highest BCUT2D eigenvalue weighted by atomic mass is 15.3. The Hall–Kier alpha value is -0.870. The van der Waals surface area contributed by atoms with E-state index in [4.69, 9.17) is 0 Å². The van der Waals surface area contributed by atoms with Crippen molar-refractivity contribution in [2.45, 2.75) is 31.7 Å². The molecule has 1 aromatic heterocycles. The number of aromatic nitrogens is 2. The van der Waals surface area contributed by atoms with Crippen LogP contribution in [0, 0.1) is 11.8 Å². The van der Waals surface area contributed by atoms with Crippen molar-refractivity contribution < 1.29 is 0 Å². The maximum Gasteiger partial charge on any atom is 0.0538 e. The normalized spacial score (nSPS) is 28.9. The van der Waals surface area contributed by atoms with Crippen molar-refractivity contribution in [3.8, 4) is 0 Å². The van der Waals surface area contributed by atoms with E-state index in [0.717, 1.165) is 11.8 Å². The van der Waals surface area contributed by atoms with Gasteiger partial charge in [0.25, 0.3) is 0 Å². The molecule has 2 saturated carbocycles. The van der Waals surface area contributed by atoms with Crippen molar-refractivity contribution in [3.05, 3.63) is 18.0 Å². The standard InChI is InChI=1S/C16H26N4/c1-18-11-15(8-17-18)16-12-19(9-13-2-3-13)6-7-20(16)10-14-4-5-14/h8,11,13-14,16H,2-7,9-10,12H2,1H3. The summed E-state index contributed by atoms with van der Waals surface area (Å²) in [6, 6.07) is 0.566. The van der Waals surface area contributed by atoms with Crippen LogP contribution in [0.25, 0.3) is 0 Å². The zero-order valence-corrected chi connectivity index (χ0v) is 12.5. The summed E-state index contributed by atoms with van der Waals surface area (Å²) in [6.07, 6.45) is 10.1. The highest BCUT2D eigenvalue weighted by molar-refractivity contribution is 5.13. The number of aryl methyl sites for hydroxylation is 1. The second-order valence-electron chi connectivity index (χ2n) is 7.10. The van der Waals surface area contributed by atoms with Crippen molar-refractivity contribution in [1.29, 1.82) is 0 Å². The summed E-state index contributed by atoms with van der Waals surface area (Å²) in [6.45, 7) is 6.34. The molecule has 0 radical (unpaired) electrons. The van der Waals surface area contributed by atoms with Crippen LogP contribution in [0.2, 0.25) is 0 Å². The lowest BCUT2D eigenvalue weighted by molar-refractivity contribution is 0.0675. The third kappa shape index (κ3) is 2.91. The Morgan fingerprint density at radius 3 is 2.50 bits per heavy atom. The van der Waals surface area contributed by atoms with Crippen LogP contribution in [-0.4, -0.2) is 52.3 Å². The average molecular weight is 274 g/mol. The second kappa shape index (κ2) is 5.15. The first-order valence-corrected chi connectivity index (χ1v) is 8.23. The first-order chi connectivity index (χ1) is 9.78. The lowest BCUT2D eigenvalue weighted by Crippen LogP contribution is -2.49. The molecule has 0 amide bonds. The maximum absolute atomic E-state index is 4.39. The van der Waals surface area contributed by atoms with Crippen molar-refractivity contribution >= 4 is 0 Å². The van der Waals surface area contributed by atoms with E-state index < -0.39 is 0 Å². The second-order valence-corrected chi connectivity index (χ2v) is 7.10. The van der Waals surface area contributed by atoms with Crippen LogP contribution in [0.5, 0.6) is 0 Å². The van der Waals surface area contributed by atoms with E-state index in [2.05, 4.69) is 27.3 Å². The molecule has 1 unspecified atom stereocenters. The molecule has 1 aromatic rings. The third-order valence-corrected chi connectivity index (χ3v) is 5.09. The van der Waals surface area contributed by atoms with Crippen molar-refractivity contribution in [2.75, 3.05) is 32.7 Å². The van der Waals surface area contributed by atoms with Crippen LogP contribution in [0.15, 0.2) is 12.4 Å². The van der Waals surface area contributed by atoms with E-state index >= 15 is 0 Å². The van der Waals surface area contributed by atoms with Gasteiger partial charge in [0.05, 0.1) is 12.2 Å². The van der Waals surface area contributed by atoms with E-state index in [9.17, 15) is 0 Å². The lowest BCUT2D eigenvalue weighted by atomic mass is 10.0. The van der Waals surface area contributed by atoms with Crippen molar-refractivity contribution in [2.24, 2.45) is 18.9 Å². The maximum atomic E-state index is 4.39. The third-order valence-electron chi connectivity index (χ3n) is 5.09. The fourth-order valence-corrected chi connectivity index (χ4v) is 3.49. The summed E-state index contributed by atoms with van der Waals surface area (Å²) in [5.41, 5.74) is 1.41. The molecule has 4 nitrogen and oxygen atoms in total. The van der Waals surface area contributed by atoms with Gasteiger partial charge in [0.1, 0.15) is 0 Å². The minimum atomic E-state index is 0.566. The van der Waals surface area contributed by atoms with E-state index in [0.29, 0.717) is 6.04 Å². The predicted molar refractivity (Wildman–Crippen MR) is 79.4 cm³/mol. The summed E-state index contributed by atoms with van der Waals surface area (Å²) in [7, 11) is 2.03. The van der Waals surface area contributed by atoms with E-state index in [1.165, 1.54) is 64.0 Å². The summed E-state index contributed by atoms with van der Waals surface area (Å²) < 4.78 is 1.95. The van der Waals surface area contributed by atoms with Gasteiger partial charge < -0.3 is 0 Å². The van der Waals surface area contributed by atoms with Crippen molar-refractivity contribution in [1.82, 2.24) is 19.6 Å². The Morgan fingerprint density at radius 2 is 1.85 bits per heavy atom. The number of hydrogen-bond donors (Lipinski definition) is 0. The monoisotopic (exact) mass is 274 g/mol. The summed E-state index contributed by atoms with van der Waals surface area (Å²) in [5, 5.41) is 4.39. The highest BCUT2D eigenvalue weighted by Gasteiger charge is 2.35. The van der Waals surface area contributed by atoms with Gasteiger partial charge in [-0.15, -0.1) is 0 Å². The Kier molecular flexibility index (Phi) is 3.31. The molecule has 2 aliphatic carbocycles.